The molecule has 0 N–H and O–H groups in total. The second-order valence-corrected chi connectivity index (χ2v) is 6.98. The Kier molecular flexibility index (Phi) is 6.01. The standard InChI is InChI=1S/C16H23N3O3S/c1-12(2)11-17-6-8-18(9-7-17)16(20)13-4-5-15(23-3)14(10-13)19(21)22/h4-5,10,12H,6-9,11H2,1-3H3. The van der Waals surface area contributed by atoms with Crippen molar-refractivity contribution in [2.24, 2.45) is 5.92 Å². The molecule has 7 heteroatoms. The van der Waals surface area contributed by atoms with Crippen molar-refractivity contribution in [1.29, 1.82) is 0 Å². The van der Waals surface area contributed by atoms with Gasteiger partial charge in [0.1, 0.15) is 0 Å². The van der Waals surface area contributed by atoms with Gasteiger partial charge in [-0.1, -0.05) is 13.8 Å². The van der Waals surface area contributed by atoms with Gasteiger partial charge in [0.05, 0.1) is 9.82 Å². The Morgan fingerprint density at radius 2 is 1.96 bits per heavy atom. The summed E-state index contributed by atoms with van der Waals surface area (Å²) in [5.74, 6) is 0.490. The van der Waals surface area contributed by atoms with E-state index in [2.05, 4.69) is 18.7 Å². The first-order valence-electron chi connectivity index (χ1n) is 7.76. The SMILES string of the molecule is CSc1ccc(C(=O)N2CCN(CC(C)C)CC2)cc1[N+](=O)[O-]. The highest BCUT2D eigenvalue weighted by Crippen LogP contribution is 2.28. The molecule has 0 radical (unpaired) electrons. The van der Waals surface area contributed by atoms with Crippen molar-refractivity contribution in [3.63, 3.8) is 0 Å². The predicted molar refractivity (Wildman–Crippen MR) is 92.1 cm³/mol. The van der Waals surface area contributed by atoms with E-state index >= 15 is 0 Å². The zero-order valence-electron chi connectivity index (χ0n) is 13.8. The molecule has 0 spiro atoms. The second kappa shape index (κ2) is 7.79. The summed E-state index contributed by atoms with van der Waals surface area (Å²) >= 11 is 1.31. The number of amides is 1. The average molecular weight is 337 g/mol. The topological polar surface area (TPSA) is 66.7 Å². The quantitative estimate of drug-likeness (QED) is 0.469. The molecule has 0 aliphatic carbocycles. The first-order valence-corrected chi connectivity index (χ1v) is 8.99. The Morgan fingerprint density at radius 1 is 1.30 bits per heavy atom. The molecule has 1 aromatic rings. The zero-order valence-corrected chi connectivity index (χ0v) is 14.6. The molecule has 23 heavy (non-hydrogen) atoms. The third kappa shape index (κ3) is 4.45. The Hall–Kier alpha value is -1.60. The third-order valence-corrected chi connectivity index (χ3v) is 4.69. The fourth-order valence-electron chi connectivity index (χ4n) is 2.80. The van der Waals surface area contributed by atoms with E-state index in [1.165, 1.54) is 17.8 Å². The highest BCUT2D eigenvalue weighted by molar-refractivity contribution is 7.98. The zero-order chi connectivity index (χ0) is 17.0. The highest BCUT2D eigenvalue weighted by atomic mass is 32.2. The van der Waals surface area contributed by atoms with Gasteiger partial charge in [0.2, 0.25) is 0 Å². The van der Waals surface area contributed by atoms with Crippen molar-refractivity contribution in [3.8, 4) is 0 Å². The maximum absolute atomic E-state index is 12.6. The van der Waals surface area contributed by atoms with Gasteiger partial charge >= 0.3 is 0 Å². The van der Waals surface area contributed by atoms with Crippen molar-refractivity contribution in [1.82, 2.24) is 9.80 Å². The van der Waals surface area contributed by atoms with Gasteiger partial charge in [-0.3, -0.25) is 19.8 Å². The molecule has 126 valence electrons. The maximum atomic E-state index is 12.6. The number of hydrogen-bond acceptors (Lipinski definition) is 5. The molecular weight excluding hydrogens is 314 g/mol. The van der Waals surface area contributed by atoms with E-state index in [-0.39, 0.29) is 11.6 Å². The Labute approximate surface area is 141 Å². The number of carbonyl (C=O) groups is 1. The van der Waals surface area contributed by atoms with Crippen LogP contribution in [0.4, 0.5) is 5.69 Å². The molecule has 0 unspecified atom stereocenters. The fourth-order valence-corrected chi connectivity index (χ4v) is 3.34. The normalized spacial score (nSPS) is 15.9. The summed E-state index contributed by atoms with van der Waals surface area (Å²) in [6.45, 7) is 8.46. The smallest absolute Gasteiger partial charge is 0.283 e. The van der Waals surface area contributed by atoms with Crippen molar-refractivity contribution in [2.75, 3.05) is 39.0 Å². The monoisotopic (exact) mass is 337 g/mol. The molecule has 0 saturated carbocycles. The fraction of sp³-hybridized carbons (Fsp3) is 0.562. The number of hydrogen-bond donors (Lipinski definition) is 0. The summed E-state index contributed by atoms with van der Waals surface area (Å²) in [5.41, 5.74) is 0.397. The van der Waals surface area contributed by atoms with Crippen LogP contribution in [-0.4, -0.2) is 59.6 Å². The van der Waals surface area contributed by atoms with Gasteiger partial charge in [-0.2, -0.15) is 0 Å². The molecule has 0 atom stereocenters. The van der Waals surface area contributed by atoms with Crippen LogP contribution in [0, 0.1) is 16.0 Å². The van der Waals surface area contributed by atoms with E-state index in [9.17, 15) is 14.9 Å². The van der Waals surface area contributed by atoms with Crippen LogP contribution in [0.15, 0.2) is 23.1 Å². The van der Waals surface area contributed by atoms with Crippen LogP contribution in [0.1, 0.15) is 24.2 Å². The van der Waals surface area contributed by atoms with E-state index in [1.54, 1.807) is 23.3 Å². The maximum Gasteiger partial charge on any atom is 0.283 e. The molecular formula is C16H23N3O3S. The van der Waals surface area contributed by atoms with Gasteiger partial charge in [-0.15, -0.1) is 11.8 Å². The first kappa shape index (κ1) is 17.7. The lowest BCUT2D eigenvalue weighted by atomic mass is 10.1. The van der Waals surface area contributed by atoms with E-state index in [0.29, 0.717) is 29.5 Å². The van der Waals surface area contributed by atoms with Gasteiger partial charge in [0, 0.05) is 44.4 Å². The number of nitro groups is 1. The van der Waals surface area contributed by atoms with Gasteiger partial charge in [0.25, 0.3) is 11.6 Å². The molecule has 1 heterocycles. The summed E-state index contributed by atoms with van der Waals surface area (Å²) in [4.78, 5) is 28.0. The summed E-state index contributed by atoms with van der Waals surface area (Å²) in [7, 11) is 0. The van der Waals surface area contributed by atoms with Gasteiger partial charge in [0.15, 0.2) is 0 Å². The van der Waals surface area contributed by atoms with Crippen LogP contribution in [0.3, 0.4) is 0 Å². The van der Waals surface area contributed by atoms with Gasteiger partial charge in [-0.05, 0) is 24.3 Å². The van der Waals surface area contributed by atoms with Crippen molar-refractivity contribution >= 4 is 23.4 Å². The van der Waals surface area contributed by atoms with E-state index < -0.39 is 4.92 Å². The summed E-state index contributed by atoms with van der Waals surface area (Å²) < 4.78 is 0. The van der Waals surface area contributed by atoms with E-state index in [0.717, 1.165) is 19.6 Å². The molecule has 1 fully saturated rings. The molecule has 6 nitrogen and oxygen atoms in total. The number of nitrogens with zero attached hydrogens (tertiary/aromatic N) is 3. The number of carbonyl (C=O) groups excluding carboxylic acids is 1. The lowest BCUT2D eigenvalue weighted by Crippen LogP contribution is -2.49. The largest absolute Gasteiger partial charge is 0.336 e. The number of benzene rings is 1. The summed E-state index contributed by atoms with van der Waals surface area (Å²) in [5, 5.41) is 11.1. The van der Waals surface area contributed by atoms with Crippen LogP contribution in [0.25, 0.3) is 0 Å². The van der Waals surface area contributed by atoms with Crippen LogP contribution >= 0.6 is 11.8 Å². The van der Waals surface area contributed by atoms with Crippen molar-refractivity contribution in [3.05, 3.63) is 33.9 Å². The lowest BCUT2D eigenvalue weighted by molar-refractivity contribution is -0.387. The first-order chi connectivity index (χ1) is 10.9. The number of rotatable bonds is 5. The van der Waals surface area contributed by atoms with Crippen LogP contribution in [0.5, 0.6) is 0 Å². The number of nitro benzene ring substituents is 1. The number of thioether (sulfide) groups is 1. The Balaban J connectivity index is 2.07. The molecule has 0 aromatic heterocycles. The minimum absolute atomic E-state index is 0.00166. The third-order valence-electron chi connectivity index (χ3n) is 3.91. The lowest BCUT2D eigenvalue weighted by Gasteiger charge is -2.35. The highest BCUT2D eigenvalue weighted by Gasteiger charge is 2.24. The molecule has 1 aliphatic rings. The molecule has 1 aliphatic heterocycles. The molecule has 1 saturated heterocycles. The van der Waals surface area contributed by atoms with Crippen LogP contribution in [0.2, 0.25) is 0 Å². The second-order valence-electron chi connectivity index (χ2n) is 6.13. The van der Waals surface area contributed by atoms with E-state index in [1.807, 2.05) is 0 Å². The molecule has 0 bridgehead atoms. The summed E-state index contributed by atoms with van der Waals surface area (Å²) in [6.07, 6.45) is 1.79. The van der Waals surface area contributed by atoms with Crippen molar-refractivity contribution in [2.45, 2.75) is 18.7 Å². The van der Waals surface area contributed by atoms with Crippen molar-refractivity contribution < 1.29 is 9.72 Å². The van der Waals surface area contributed by atoms with Gasteiger partial charge in [-0.25, -0.2) is 0 Å². The molecule has 1 amide bonds. The van der Waals surface area contributed by atoms with Crippen LogP contribution in [-0.2, 0) is 0 Å². The minimum atomic E-state index is -0.427. The number of piperazine rings is 1. The molecule has 2 rings (SSSR count). The summed E-state index contributed by atoms with van der Waals surface area (Å²) in [6, 6.07) is 4.74. The average Bonchev–Trinajstić information content (AvgIpc) is 2.53. The van der Waals surface area contributed by atoms with E-state index in [4.69, 9.17) is 0 Å². The molecule has 1 aromatic carbocycles. The van der Waals surface area contributed by atoms with Crippen LogP contribution < -0.4 is 0 Å². The predicted octanol–water partition coefficient (Wildman–Crippen LogP) is 2.73. The Bertz CT molecular complexity index is 584. The Morgan fingerprint density at radius 3 is 2.48 bits per heavy atom. The van der Waals surface area contributed by atoms with Gasteiger partial charge < -0.3 is 4.90 Å². The minimum Gasteiger partial charge on any atom is -0.336 e.